The first kappa shape index (κ1) is 13.0. The Bertz CT molecular complexity index is 571. The minimum absolute atomic E-state index is 0.186. The van der Waals surface area contributed by atoms with Crippen LogP contribution in [0, 0.1) is 5.92 Å². The van der Waals surface area contributed by atoms with Gasteiger partial charge >= 0.3 is 5.97 Å². The largest absolute Gasteiger partial charge is 0.511 e. The Morgan fingerprint density at radius 1 is 1.11 bits per heavy atom. The molecule has 0 bridgehead atoms. The molecule has 0 amide bonds. The van der Waals surface area contributed by atoms with Crippen molar-refractivity contribution >= 4 is 17.5 Å². The zero-order valence-corrected chi connectivity index (χ0v) is 10.00. The van der Waals surface area contributed by atoms with Gasteiger partial charge in [-0.25, -0.2) is 0 Å². The predicted molar refractivity (Wildman–Crippen MR) is 65.8 cm³/mol. The fourth-order valence-corrected chi connectivity index (χ4v) is 2.06. The summed E-state index contributed by atoms with van der Waals surface area (Å²) in [6.07, 6.45) is -0.442. The molecule has 1 atom stereocenters. The van der Waals surface area contributed by atoms with Crippen LogP contribution >= 0.6 is 0 Å². The fourth-order valence-electron chi connectivity index (χ4n) is 2.06. The first-order chi connectivity index (χ1) is 9.00. The Labute approximate surface area is 109 Å². The predicted octanol–water partition coefficient (Wildman–Crippen LogP) is 1.75. The molecular weight excluding hydrogens is 248 g/mol. The van der Waals surface area contributed by atoms with E-state index in [-0.39, 0.29) is 18.4 Å². The number of carbonyl (C=O) groups is 3. The van der Waals surface area contributed by atoms with Crippen molar-refractivity contribution in [3.63, 3.8) is 0 Å². The second-order valence-corrected chi connectivity index (χ2v) is 4.38. The summed E-state index contributed by atoms with van der Waals surface area (Å²) in [5.74, 6) is -3.72. The third kappa shape index (κ3) is 2.54. The van der Waals surface area contributed by atoms with Gasteiger partial charge in [-0.15, -0.1) is 0 Å². The van der Waals surface area contributed by atoms with Crippen LogP contribution in [-0.4, -0.2) is 27.7 Å². The van der Waals surface area contributed by atoms with Gasteiger partial charge in [-0.3, -0.25) is 14.4 Å². The minimum atomic E-state index is -1.15. The Morgan fingerprint density at radius 3 is 2.26 bits per heavy atom. The summed E-state index contributed by atoms with van der Waals surface area (Å²) in [5, 5.41) is 18.6. The number of ketones is 2. The van der Waals surface area contributed by atoms with Crippen LogP contribution in [0.2, 0.25) is 0 Å². The van der Waals surface area contributed by atoms with E-state index in [1.54, 1.807) is 30.3 Å². The van der Waals surface area contributed by atoms with Crippen LogP contribution in [0.3, 0.4) is 0 Å². The number of carboxylic acid groups (broad SMARTS) is 1. The van der Waals surface area contributed by atoms with Gasteiger partial charge in [0.25, 0.3) is 0 Å². The van der Waals surface area contributed by atoms with Crippen LogP contribution < -0.4 is 0 Å². The molecule has 0 heterocycles. The minimum Gasteiger partial charge on any atom is -0.511 e. The Hall–Kier alpha value is -2.43. The number of allylic oxidation sites excluding steroid dienone is 2. The molecular formula is C14H12O5. The topological polar surface area (TPSA) is 91.7 Å². The van der Waals surface area contributed by atoms with E-state index >= 15 is 0 Å². The van der Waals surface area contributed by atoms with Gasteiger partial charge in [0.15, 0.2) is 11.6 Å². The highest BCUT2D eigenvalue weighted by Crippen LogP contribution is 2.27. The molecule has 98 valence electrons. The van der Waals surface area contributed by atoms with Crippen molar-refractivity contribution in [1.82, 2.24) is 0 Å². The van der Waals surface area contributed by atoms with Crippen molar-refractivity contribution in [1.29, 1.82) is 0 Å². The van der Waals surface area contributed by atoms with Gasteiger partial charge in [-0.05, 0) is 0 Å². The highest BCUT2D eigenvalue weighted by Gasteiger charge is 2.35. The van der Waals surface area contributed by atoms with Gasteiger partial charge in [0.1, 0.15) is 11.3 Å². The van der Waals surface area contributed by atoms with E-state index in [9.17, 15) is 19.5 Å². The second kappa shape index (κ2) is 5.06. The monoisotopic (exact) mass is 260 g/mol. The summed E-state index contributed by atoms with van der Waals surface area (Å²) in [6, 6.07) is 8.11. The lowest BCUT2D eigenvalue weighted by Crippen LogP contribution is -2.28. The smallest absolute Gasteiger partial charge is 0.307 e. The molecule has 2 N–H and O–H groups in total. The van der Waals surface area contributed by atoms with Gasteiger partial charge in [0.2, 0.25) is 0 Å². The maximum absolute atomic E-state index is 12.1. The highest BCUT2D eigenvalue weighted by atomic mass is 16.4. The standard InChI is InChI=1S/C14H12O5/c15-10-6-9(14(18)19)7-11(16)12(10)13(17)8-4-2-1-3-5-8/h1-5,9,15H,6-7H2,(H,18,19). The highest BCUT2D eigenvalue weighted by molar-refractivity contribution is 6.27. The maximum atomic E-state index is 12.1. The lowest BCUT2D eigenvalue weighted by Gasteiger charge is -2.19. The molecule has 0 saturated heterocycles. The molecule has 0 radical (unpaired) electrons. The summed E-state index contributed by atoms with van der Waals surface area (Å²) < 4.78 is 0. The van der Waals surface area contributed by atoms with Gasteiger partial charge in [0, 0.05) is 18.4 Å². The number of Topliss-reactive ketones (excluding diaryl/α,β-unsaturated/α-hetero) is 2. The lowest BCUT2D eigenvalue weighted by atomic mass is 9.84. The number of aliphatic hydroxyl groups excluding tert-OH is 1. The Balaban J connectivity index is 2.34. The molecule has 2 rings (SSSR count). The SMILES string of the molecule is O=C1CC(C(=O)O)CC(O)=C1C(=O)c1ccccc1. The Kier molecular flexibility index (Phi) is 3.46. The number of hydrogen-bond acceptors (Lipinski definition) is 4. The number of aliphatic hydroxyl groups is 1. The lowest BCUT2D eigenvalue weighted by molar-refractivity contribution is -0.144. The van der Waals surface area contributed by atoms with E-state index in [1.165, 1.54) is 0 Å². The van der Waals surface area contributed by atoms with Crippen molar-refractivity contribution in [3.8, 4) is 0 Å². The molecule has 19 heavy (non-hydrogen) atoms. The van der Waals surface area contributed by atoms with Gasteiger partial charge in [-0.1, -0.05) is 30.3 Å². The zero-order chi connectivity index (χ0) is 14.0. The zero-order valence-electron chi connectivity index (χ0n) is 10.00. The summed E-state index contributed by atoms with van der Waals surface area (Å²) in [5.41, 5.74) is 0.00914. The van der Waals surface area contributed by atoms with E-state index in [2.05, 4.69) is 0 Å². The molecule has 0 saturated carbocycles. The quantitative estimate of drug-likeness (QED) is 0.638. The third-order valence-electron chi connectivity index (χ3n) is 3.05. The summed E-state index contributed by atoms with van der Waals surface area (Å²) in [6.45, 7) is 0. The van der Waals surface area contributed by atoms with Crippen LogP contribution in [0.5, 0.6) is 0 Å². The molecule has 1 aliphatic rings. The molecule has 0 aromatic heterocycles. The second-order valence-electron chi connectivity index (χ2n) is 4.38. The van der Waals surface area contributed by atoms with Crippen molar-refractivity contribution < 1.29 is 24.6 Å². The van der Waals surface area contributed by atoms with Crippen molar-refractivity contribution in [3.05, 3.63) is 47.2 Å². The van der Waals surface area contributed by atoms with Crippen LogP contribution in [0.1, 0.15) is 23.2 Å². The van der Waals surface area contributed by atoms with Crippen LogP contribution in [0.15, 0.2) is 41.7 Å². The number of rotatable bonds is 3. The van der Waals surface area contributed by atoms with E-state index < -0.39 is 29.2 Å². The molecule has 1 aliphatic carbocycles. The van der Waals surface area contributed by atoms with Gasteiger partial charge < -0.3 is 10.2 Å². The van der Waals surface area contributed by atoms with Crippen molar-refractivity contribution in [2.45, 2.75) is 12.8 Å². The average Bonchev–Trinajstić information content (AvgIpc) is 2.38. The summed E-state index contributed by atoms with van der Waals surface area (Å²) in [7, 11) is 0. The number of benzene rings is 1. The first-order valence-corrected chi connectivity index (χ1v) is 5.78. The maximum Gasteiger partial charge on any atom is 0.307 e. The molecule has 0 fully saturated rings. The average molecular weight is 260 g/mol. The number of carbonyl (C=O) groups excluding carboxylic acids is 2. The molecule has 0 spiro atoms. The molecule has 1 aromatic carbocycles. The van der Waals surface area contributed by atoms with Gasteiger partial charge in [0.05, 0.1) is 5.92 Å². The molecule has 5 heteroatoms. The van der Waals surface area contributed by atoms with Crippen molar-refractivity contribution in [2.24, 2.45) is 5.92 Å². The van der Waals surface area contributed by atoms with Crippen LogP contribution in [0.4, 0.5) is 0 Å². The van der Waals surface area contributed by atoms with E-state index in [1.807, 2.05) is 0 Å². The molecule has 1 aromatic rings. The molecule has 1 unspecified atom stereocenters. The number of hydrogen-bond donors (Lipinski definition) is 2. The van der Waals surface area contributed by atoms with Gasteiger partial charge in [-0.2, -0.15) is 0 Å². The summed E-state index contributed by atoms with van der Waals surface area (Å²) in [4.78, 5) is 34.8. The number of aliphatic carboxylic acids is 1. The first-order valence-electron chi connectivity index (χ1n) is 5.78. The third-order valence-corrected chi connectivity index (χ3v) is 3.05. The van der Waals surface area contributed by atoms with E-state index in [0.29, 0.717) is 5.56 Å². The fraction of sp³-hybridized carbons (Fsp3) is 0.214. The normalized spacial score (nSPS) is 19.4. The van der Waals surface area contributed by atoms with Crippen molar-refractivity contribution in [2.75, 3.05) is 0 Å². The molecule has 5 nitrogen and oxygen atoms in total. The number of carboxylic acids is 1. The van der Waals surface area contributed by atoms with Crippen LogP contribution in [-0.2, 0) is 9.59 Å². The molecule has 0 aliphatic heterocycles. The Morgan fingerprint density at radius 2 is 1.74 bits per heavy atom. The van der Waals surface area contributed by atoms with Crippen LogP contribution in [0.25, 0.3) is 0 Å². The van der Waals surface area contributed by atoms with E-state index in [0.717, 1.165) is 0 Å². The summed E-state index contributed by atoms with van der Waals surface area (Å²) >= 11 is 0. The van der Waals surface area contributed by atoms with E-state index in [4.69, 9.17) is 5.11 Å².